The van der Waals surface area contributed by atoms with Crippen LogP contribution >= 0.6 is 0 Å². The smallest absolute Gasteiger partial charge is 0.351 e. The number of aryl methyl sites for hydroxylation is 1. The molecule has 7 nitrogen and oxygen atoms in total. The summed E-state index contributed by atoms with van der Waals surface area (Å²) in [5.74, 6) is 0.566. The predicted molar refractivity (Wildman–Crippen MR) is 75.1 cm³/mol. The number of hydrogen-bond acceptors (Lipinski definition) is 5. The molecular formula is C14H11N5O2. The molecule has 0 aliphatic rings. The van der Waals surface area contributed by atoms with Crippen LogP contribution in [0, 0.1) is 6.92 Å². The number of benzene rings is 1. The van der Waals surface area contributed by atoms with Gasteiger partial charge < -0.3 is 4.42 Å². The topological polar surface area (TPSA) is 78.2 Å². The lowest BCUT2D eigenvalue weighted by Gasteiger charge is -2.09. The molecule has 0 aliphatic heterocycles. The lowest BCUT2D eigenvalue weighted by atomic mass is 10.2. The van der Waals surface area contributed by atoms with Gasteiger partial charge in [0, 0.05) is 5.39 Å². The van der Waals surface area contributed by atoms with E-state index in [1.807, 2.05) is 24.3 Å². The average molecular weight is 281 g/mol. The van der Waals surface area contributed by atoms with Gasteiger partial charge in [-0.3, -0.25) is 4.57 Å². The minimum absolute atomic E-state index is 0.243. The van der Waals surface area contributed by atoms with Crippen molar-refractivity contribution < 1.29 is 4.42 Å². The molecule has 0 spiro atoms. The maximum atomic E-state index is 12.6. The summed E-state index contributed by atoms with van der Waals surface area (Å²) in [6, 6.07) is 7.62. The first-order valence-corrected chi connectivity index (χ1v) is 6.46. The molecule has 7 heteroatoms. The second-order valence-corrected chi connectivity index (χ2v) is 4.76. The van der Waals surface area contributed by atoms with E-state index in [2.05, 4.69) is 15.1 Å². The highest BCUT2D eigenvalue weighted by Gasteiger charge is 2.14. The normalized spacial score (nSPS) is 11.5. The van der Waals surface area contributed by atoms with E-state index in [4.69, 9.17) is 4.42 Å². The molecule has 0 aliphatic carbocycles. The molecule has 0 atom stereocenters. The van der Waals surface area contributed by atoms with Crippen LogP contribution in [0.1, 0.15) is 11.5 Å². The van der Waals surface area contributed by atoms with Crippen molar-refractivity contribution in [3.05, 3.63) is 58.9 Å². The van der Waals surface area contributed by atoms with E-state index >= 15 is 0 Å². The first kappa shape index (κ1) is 11.8. The maximum absolute atomic E-state index is 12.6. The molecule has 0 unspecified atom stereocenters. The van der Waals surface area contributed by atoms with E-state index in [-0.39, 0.29) is 5.69 Å². The fourth-order valence-electron chi connectivity index (χ4n) is 2.47. The van der Waals surface area contributed by atoms with Crippen LogP contribution < -0.4 is 5.69 Å². The van der Waals surface area contributed by atoms with Gasteiger partial charge in [0.25, 0.3) is 0 Å². The zero-order valence-corrected chi connectivity index (χ0v) is 11.2. The van der Waals surface area contributed by atoms with E-state index in [9.17, 15) is 4.79 Å². The van der Waals surface area contributed by atoms with Gasteiger partial charge in [-0.25, -0.2) is 14.8 Å². The Morgan fingerprint density at radius 1 is 1.29 bits per heavy atom. The van der Waals surface area contributed by atoms with Crippen molar-refractivity contribution in [3.8, 4) is 0 Å². The Balaban J connectivity index is 2.11. The highest BCUT2D eigenvalue weighted by molar-refractivity contribution is 5.91. The van der Waals surface area contributed by atoms with Crippen LogP contribution in [-0.2, 0) is 6.54 Å². The van der Waals surface area contributed by atoms with Crippen molar-refractivity contribution in [1.82, 2.24) is 24.1 Å². The fraction of sp³-hybridized carbons (Fsp3) is 0.143. The second-order valence-electron chi connectivity index (χ2n) is 4.76. The molecule has 21 heavy (non-hydrogen) atoms. The van der Waals surface area contributed by atoms with Crippen LogP contribution in [0.3, 0.4) is 0 Å². The predicted octanol–water partition coefficient (Wildman–Crippen LogP) is 1.39. The zero-order valence-electron chi connectivity index (χ0n) is 11.2. The molecule has 104 valence electrons. The zero-order chi connectivity index (χ0) is 14.4. The van der Waals surface area contributed by atoms with Gasteiger partial charge in [-0.1, -0.05) is 12.1 Å². The molecule has 4 aromatic rings. The third-order valence-corrected chi connectivity index (χ3v) is 3.36. The van der Waals surface area contributed by atoms with E-state index < -0.39 is 0 Å². The Hall–Kier alpha value is -2.96. The summed E-state index contributed by atoms with van der Waals surface area (Å²) in [5.41, 5.74) is 1.81. The monoisotopic (exact) mass is 281 g/mol. The summed E-state index contributed by atoms with van der Waals surface area (Å²) in [6.45, 7) is 2.09. The minimum atomic E-state index is -0.243. The van der Waals surface area contributed by atoms with Crippen LogP contribution in [-0.4, -0.2) is 24.1 Å². The first-order chi connectivity index (χ1) is 10.2. The number of aromatic nitrogens is 5. The van der Waals surface area contributed by atoms with Gasteiger partial charge >= 0.3 is 5.69 Å². The summed E-state index contributed by atoms with van der Waals surface area (Å²) in [7, 11) is 0. The number of fused-ring (bicyclic) bond motifs is 3. The SMILES string of the molecule is Cc1nc2c3ccccc3n(Cc3cocn3)c(=O)n2n1. The third-order valence-electron chi connectivity index (χ3n) is 3.36. The largest absolute Gasteiger partial charge is 0.451 e. The van der Waals surface area contributed by atoms with Gasteiger partial charge in [0.05, 0.1) is 17.8 Å². The van der Waals surface area contributed by atoms with Crippen LogP contribution in [0.25, 0.3) is 16.6 Å². The molecule has 3 aromatic heterocycles. The number of hydrogen-bond donors (Lipinski definition) is 0. The summed E-state index contributed by atoms with van der Waals surface area (Å²) < 4.78 is 7.92. The van der Waals surface area contributed by atoms with E-state index in [0.29, 0.717) is 23.7 Å². The molecule has 1 aromatic carbocycles. The Labute approximate surface area is 118 Å². The molecule has 0 bridgehead atoms. The number of oxazole rings is 1. The standard InChI is InChI=1S/C14H11N5O2/c1-9-16-13-11-4-2-3-5-12(11)18(14(20)19(13)17-9)6-10-7-21-8-15-10/h2-5,7-8H,6H2,1H3. The molecular weight excluding hydrogens is 270 g/mol. The Bertz CT molecular complexity index is 997. The molecule has 0 saturated carbocycles. The number of nitrogens with zero attached hydrogens (tertiary/aromatic N) is 5. The molecule has 3 heterocycles. The third kappa shape index (κ3) is 1.74. The van der Waals surface area contributed by atoms with Gasteiger partial charge in [-0.15, -0.1) is 5.10 Å². The van der Waals surface area contributed by atoms with Crippen molar-refractivity contribution in [2.24, 2.45) is 0 Å². The average Bonchev–Trinajstić information content (AvgIpc) is 3.12. The van der Waals surface area contributed by atoms with E-state index in [1.54, 1.807) is 11.5 Å². The summed E-state index contributed by atoms with van der Waals surface area (Å²) >= 11 is 0. The molecule has 0 saturated heterocycles. The van der Waals surface area contributed by atoms with Crippen molar-refractivity contribution in [3.63, 3.8) is 0 Å². The Kier molecular flexibility index (Phi) is 2.41. The minimum Gasteiger partial charge on any atom is -0.451 e. The molecule has 0 radical (unpaired) electrons. The van der Waals surface area contributed by atoms with Crippen LogP contribution in [0.2, 0.25) is 0 Å². The molecule has 4 rings (SSSR count). The van der Waals surface area contributed by atoms with E-state index in [0.717, 1.165) is 10.9 Å². The highest BCUT2D eigenvalue weighted by atomic mass is 16.3. The highest BCUT2D eigenvalue weighted by Crippen LogP contribution is 2.17. The maximum Gasteiger partial charge on any atom is 0.351 e. The van der Waals surface area contributed by atoms with Crippen molar-refractivity contribution in [1.29, 1.82) is 0 Å². The number of para-hydroxylation sites is 1. The summed E-state index contributed by atoms with van der Waals surface area (Å²) in [5, 5.41) is 5.06. The second kappa shape index (κ2) is 4.27. The lowest BCUT2D eigenvalue weighted by molar-refractivity contribution is 0.555. The van der Waals surface area contributed by atoms with Crippen LogP contribution in [0.15, 0.2) is 46.1 Å². The van der Waals surface area contributed by atoms with Crippen molar-refractivity contribution in [2.75, 3.05) is 0 Å². The summed E-state index contributed by atoms with van der Waals surface area (Å²) in [6.07, 6.45) is 2.87. The number of rotatable bonds is 2. The van der Waals surface area contributed by atoms with Gasteiger partial charge in [-0.2, -0.15) is 4.52 Å². The van der Waals surface area contributed by atoms with Gasteiger partial charge in [0.1, 0.15) is 12.1 Å². The first-order valence-electron chi connectivity index (χ1n) is 6.46. The van der Waals surface area contributed by atoms with Gasteiger partial charge in [-0.05, 0) is 19.1 Å². The molecule has 0 N–H and O–H groups in total. The lowest BCUT2D eigenvalue weighted by Crippen LogP contribution is -2.28. The molecule has 0 fully saturated rings. The molecule has 0 amide bonds. The van der Waals surface area contributed by atoms with Crippen LogP contribution in [0.4, 0.5) is 0 Å². The van der Waals surface area contributed by atoms with Crippen LogP contribution in [0.5, 0.6) is 0 Å². The van der Waals surface area contributed by atoms with Gasteiger partial charge in [0.2, 0.25) is 0 Å². The fourth-order valence-corrected chi connectivity index (χ4v) is 2.47. The van der Waals surface area contributed by atoms with Crippen molar-refractivity contribution >= 4 is 16.6 Å². The summed E-state index contributed by atoms with van der Waals surface area (Å²) in [4.78, 5) is 21.1. The van der Waals surface area contributed by atoms with Crippen molar-refractivity contribution in [2.45, 2.75) is 13.5 Å². The Morgan fingerprint density at radius 3 is 2.95 bits per heavy atom. The quantitative estimate of drug-likeness (QED) is 0.555. The van der Waals surface area contributed by atoms with E-state index in [1.165, 1.54) is 17.2 Å². The van der Waals surface area contributed by atoms with Gasteiger partial charge in [0.15, 0.2) is 12.0 Å². The Morgan fingerprint density at radius 2 is 2.14 bits per heavy atom.